The van der Waals surface area contributed by atoms with Gasteiger partial charge < -0.3 is 5.32 Å². The van der Waals surface area contributed by atoms with E-state index in [2.05, 4.69) is 5.32 Å². The smallest absolute Gasteiger partial charge is 0.228 e. The molecule has 0 atom stereocenters. The Morgan fingerprint density at radius 1 is 1.05 bits per heavy atom. The molecule has 0 bridgehead atoms. The summed E-state index contributed by atoms with van der Waals surface area (Å²) in [5.74, 6) is -0.175. The number of anilines is 1. The zero-order chi connectivity index (χ0) is 14.5. The zero-order valence-electron chi connectivity index (χ0n) is 11.6. The summed E-state index contributed by atoms with van der Waals surface area (Å²) in [6.45, 7) is 3.42. The van der Waals surface area contributed by atoms with E-state index in [1.165, 1.54) is 6.92 Å². The number of aryl methyl sites for hydroxylation is 1. The summed E-state index contributed by atoms with van der Waals surface area (Å²) >= 11 is 0. The average molecular weight is 267 g/mol. The zero-order valence-corrected chi connectivity index (χ0v) is 11.6. The Hall–Kier alpha value is -2.42. The standard InChI is InChI=1S/C17H17NO2/c1-12-8-9-16(15(10-12)13(2)19)18-17(20)11-14-6-4-3-5-7-14/h3-10H,11H2,1-2H3,(H,18,20). The molecular formula is C17H17NO2. The van der Waals surface area contributed by atoms with Crippen LogP contribution < -0.4 is 5.32 Å². The van der Waals surface area contributed by atoms with Gasteiger partial charge in [-0.25, -0.2) is 0 Å². The molecule has 0 saturated carbocycles. The predicted octanol–water partition coefficient (Wildman–Crippen LogP) is 3.38. The molecule has 0 spiro atoms. The Balaban J connectivity index is 2.14. The fourth-order valence-electron chi connectivity index (χ4n) is 2.03. The van der Waals surface area contributed by atoms with Gasteiger partial charge in [0.25, 0.3) is 0 Å². The molecule has 0 saturated heterocycles. The van der Waals surface area contributed by atoms with Gasteiger partial charge in [-0.3, -0.25) is 9.59 Å². The second-order valence-electron chi connectivity index (χ2n) is 4.82. The summed E-state index contributed by atoms with van der Waals surface area (Å²) in [4.78, 5) is 23.6. The number of hydrogen-bond donors (Lipinski definition) is 1. The van der Waals surface area contributed by atoms with Crippen molar-refractivity contribution < 1.29 is 9.59 Å². The van der Waals surface area contributed by atoms with E-state index in [1.807, 2.05) is 43.3 Å². The highest BCUT2D eigenvalue weighted by atomic mass is 16.1. The first-order valence-corrected chi connectivity index (χ1v) is 6.51. The molecule has 0 aromatic heterocycles. The normalized spacial score (nSPS) is 10.1. The lowest BCUT2D eigenvalue weighted by molar-refractivity contribution is -0.115. The van der Waals surface area contributed by atoms with Gasteiger partial charge in [-0.2, -0.15) is 0 Å². The van der Waals surface area contributed by atoms with Gasteiger partial charge in [0.05, 0.1) is 12.1 Å². The molecule has 0 aliphatic carbocycles. The van der Waals surface area contributed by atoms with Crippen molar-refractivity contribution in [3.8, 4) is 0 Å². The summed E-state index contributed by atoms with van der Waals surface area (Å²) in [5, 5.41) is 2.81. The highest BCUT2D eigenvalue weighted by Crippen LogP contribution is 2.18. The molecular weight excluding hydrogens is 250 g/mol. The molecule has 0 heterocycles. The quantitative estimate of drug-likeness (QED) is 0.863. The van der Waals surface area contributed by atoms with E-state index >= 15 is 0 Å². The van der Waals surface area contributed by atoms with Crippen molar-refractivity contribution in [2.45, 2.75) is 20.3 Å². The molecule has 1 N–H and O–H groups in total. The number of benzene rings is 2. The van der Waals surface area contributed by atoms with Gasteiger partial charge in [-0.05, 0) is 31.5 Å². The number of hydrogen-bond acceptors (Lipinski definition) is 2. The number of amides is 1. The molecule has 0 aliphatic heterocycles. The summed E-state index contributed by atoms with van der Waals surface area (Å²) in [7, 11) is 0. The lowest BCUT2D eigenvalue weighted by atomic mass is 10.1. The van der Waals surface area contributed by atoms with Crippen LogP contribution in [0.4, 0.5) is 5.69 Å². The van der Waals surface area contributed by atoms with Gasteiger partial charge in [0.15, 0.2) is 5.78 Å². The molecule has 0 aliphatic rings. The van der Waals surface area contributed by atoms with Crippen molar-refractivity contribution in [3.63, 3.8) is 0 Å². The van der Waals surface area contributed by atoms with Crippen molar-refractivity contribution in [2.24, 2.45) is 0 Å². The number of nitrogens with one attached hydrogen (secondary N) is 1. The van der Waals surface area contributed by atoms with E-state index in [1.54, 1.807) is 12.1 Å². The second kappa shape index (κ2) is 6.15. The molecule has 2 rings (SSSR count). The van der Waals surface area contributed by atoms with Crippen molar-refractivity contribution >= 4 is 17.4 Å². The topological polar surface area (TPSA) is 46.2 Å². The molecule has 102 valence electrons. The Morgan fingerprint density at radius 3 is 2.40 bits per heavy atom. The maximum Gasteiger partial charge on any atom is 0.228 e. The number of Topliss-reactive ketones (excluding diaryl/α,β-unsaturated/α-hetero) is 1. The summed E-state index contributed by atoms with van der Waals surface area (Å²) < 4.78 is 0. The van der Waals surface area contributed by atoms with E-state index in [9.17, 15) is 9.59 Å². The van der Waals surface area contributed by atoms with E-state index in [0.717, 1.165) is 11.1 Å². The van der Waals surface area contributed by atoms with Gasteiger partial charge in [0.1, 0.15) is 0 Å². The summed E-state index contributed by atoms with van der Waals surface area (Å²) in [6.07, 6.45) is 0.298. The fraction of sp³-hybridized carbons (Fsp3) is 0.176. The highest BCUT2D eigenvalue weighted by molar-refractivity contribution is 6.04. The minimum atomic E-state index is -0.123. The molecule has 0 unspecified atom stereocenters. The second-order valence-corrected chi connectivity index (χ2v) is 4.82. The van der Waals surface area contributed by atoms with Gasteiger partial charge in [0, 0.05) is 5.56 Å². The molecule has 2 aromatic rings. The maximum atomic E-state index is 12.0. The van der Waals surface area contributed by atoms with Crippen LogP contribution in [0.5, 0.6) is 0 Å². The van der Waals surface area contributed by atoms with Crippen LogP contribution in [0.15, 0.2) is 48.5 Å². The third kappa shape index (κ3) is 3.54. The van der Waals surface area contributed by atoms with Crippen molar-refractivity contribution in [1.29, 1.82) is 0 Å². The van der Waals surface area contributed by atoms with E-state index in [4.69, 9.17) is 0 Å². The van der Waals surface area contributed by atoms with Crippen LogP contribution in [0.1, 0.15) is 28.4 Å². The minimum absolute atomic E-state index is 0.0521. The molecule has 0 fully saturated rings. The van der Waals surface area contributed by atoms with Crippen LogP contribution in [0.3, 0.4) is 0 Å². The molecule has 3 heteroatoms. The van der Waals surface area contributed by atoms with Crippen LogP contribution in [0, 0.1) is 6.92 Å². The van der Waals surface area contributed by atoms with Gasteiger partial charge in [-0.1, -0.05) is 42.0 Å². The predicted molar refractivity (Wildman–Crippen MR) is 80.0 cm³/mol. The lowest BCUT2D eigenvalue weighted by Crippen LogP contribution is -2.16. The van der Waals surface area contributed by atoms with Crippen LogP contribution in [-0.2, 0) is 11.2 Å². The Labute approximate surface area is 118 Å². The summed E-state index contributed by atoms with van der Waals surface area (Å²) in [5.41, 5.74) is 3.06. The largest absolute Gasteiger partial charge is 0.325 e. The molecule has 20 heavy (non-hydrogen) atoms. The first-order chi connectivity index (χ1) is 9.56. The minimum Gasteiger partial charge on any atom is -0.325 e. The van der Waals surface area contributed by atoms with Crippen LogP contribution in [0.25, 0.3) is 0 Å². The summed E-state index contributed by atoms with van der Waals surface area (Å²) in [6, 6.07) is 15.0. The van der Waals surface area contributed by atoms with E-state index < -0.39 is 0 Å². The van der Waals surface area contributed by atoms with Crippen LogP contribution in [0.2, 0.25) is 0 Å². The van der Waals surface area contributed by atoms with Crippen molar-refractivity contribution in [1.82, 2.24) is 0 Å². The van der Waals surface area contributed by atoms with Crippen molar-refractivity contribution in [3.05, 3.63) is 65.2 Å². The third-order valence-corrected chi connectivity index (χ3v) is 3.04. The van der Waals surface area contributed by atoms with E-state index in [0.29, 0.717) is 17.7 Å². The Bertz CT molecular complexity index is 633. The van der Waals surface area contributed by atoms with Gasteiger partial charge in [-0.15, -0.1) is 0 Å². The van der Waals surface area contributed by atoms with E-state index in [-0.39, 0.29) is 11.7 Å². The monoisotopic (exact) mass is 267 g/mol. The molecule has 0 radical (unpaired) electrons. The van der Waals surface area contributed by atoms with Crippen LogP contribution >= 0.6 is 0 Å². The fourth-order valence-corrected chi connectivity index (χ4v) is 2.03. The highest BCUT2D eigenvalue weighted by Gasteiger charge is 2.10. The first kappa shape index (κ1) is 14.0. The SMILES string of the molecule is CC(=O)c1cc(C)ccc1NC(=O)Cc1ccccc1. The van der Waals surface area contributed by atoms with Gasteiger partial charge >= 0.3 is 0 Å². The molecule has 2 aromatic carbocycles. The third-order valence-electron chi connectivity index (χ3n) is 3.04. The number of carbonyl (C=O) groups is 2. The Morgan fingerprint density at radius 2 is 1.75 bits per heavy atom. The van der Waals surface area contributed by atoms with Crippen molar-refractivity contribution in [2.75, 3.05) is 5.32 Å². The lowest BCUT2D eigenvalue weighted by Gasteiger charge is -2.10. The Kier molecular flexibility index (Phi) is 4.31. The number of ketones is 1. The van der Waals surface area contributed by atoms with Gasteiger partial charge in [0.2, 0.25) is 5.91 Å². The average Bonchev–Trinajstić information content (AvgIpc) is 2.41. The maximum absolute atomic E-state index is 12.0. The number of rotatable bonds is 4. The first-order valence-electron chi connectivity index (χ1n) is 6.51. The molecule has 3 nitrogen and oxygen atoms in total. The van der Waals surface area contributed by atoms with Crippen LogP contribution in [-0.4, -0.2) is 11.7 Å². The molecule has 1 amide bonds. The number of carbonyl (C=O) groups excluding carboxylic acids is 2.